The molecule has 15 heavy (non-hydrogen) atoms. The number of ether oxygens (including phenoxy) is 1. The number of hydrogen-bond donors (Lipinski definition) is 1. The van der Waals surface area contributed by atoms with Gasteiger partial charge in [0.15, 0.2) is 0 Å². The van der Waals surface area contributed by atoms with Crippen LogP contribution in [0, 0.1) is 0 Å². The second-order valence-electron chi connectivity index (χ2n) is 3.70. The summed E-state index contributed by atoms with van der Waals surface area (Å²) in [4.78, 5) is 0. The Labute approximate surface area is 96.7 Å². The van der Waals surface area contributed by atoms with Gasteiger partial charge >= 0.3 is 0 Å². The predicted molar refractivity (Wildman–Crippen MR) is 66.5 cm³/mol. The van der Waals surface area contributed by atoms with E-state index in [0.29, 0.717) is 6.04 Å². The first-order chi connectivity index (χ1) is 7.34. The molecule has 0 saturated heterocycles. The molecule has 0 aliphatic heterocycles. The number of thiophene rings is 1. The van der Waals surface area contributed by atoms with E-state index in [1.807, 2.05) is 0 Å². The maximum Gasteiger partial charge on any atom is 0.0478 e. The summed E-state index contributed by atoms with van der Waals surface area (Å²) in [6, 6.07) is 2.64. The molecular weight excluding hydrogens is 206 g/mol. The molecule has 0 aliphatic rings. The Kier molecular flexibility index (Phi) is 6.64. The molecule has 0 aliphatic carbocycles. The summed E-state index contributed by atoms with van der Waals surface area (Å²) < 4.78 is 5.42. The van der Waals surface area contributed by atoms with Crippen molar-refractivity contribution in [2.75, 3.05) is 19.8 Å². The first-order valence-corrected chi connectivity index (χ1v) is 6.62. The third-order valence-electron chi connectivity index (χ3n) is 2.31. The fourth-order valence-corrected chi connectivity index (χ4v) is 2.13. The van der Waals surface area contributed by atoms with Crippen LogP contribution in [0.15, 0.2) is 16.8 Å². The third-order valence-corrected chi connectivity index (χ3v) is 3.01. The van der Waals surface area contributed by atoms with Crippen LogP contribution in [-0.4, -0.2) is 19.8 Å². The lowest BCUT2D eigenvalue weighted by Crippen LogP contribution is -2.20. The average molecular weight is 227 g/mol. The molecule has 1 rings (SSSR count). The van der Waals surface area contributed by atoms with Crippen molar-refractivity contribution in [3.8, 4) is 0 Å². The van der Waals surface area contributed by atoms with Gasteiger partial charge in [-0.2, -0.15) is 11.3 Å². The van der Waals surface area contributed by atoms with Crippen molar-refractivity contribution in [3.63, 3.8) is 0 Å². The second-order valence-corrected chi connectivity index (χ2v) is 4.48. The van der Waals surface area contributed by atoms with Crippen LogP contribution < -0.4 is 5.32 Å². The quantitative estimate of drug-likeness (QED) is 0.689. The van der Waals surface area contributed by atoms with Gasteiger partial charge in [0.25, 0.3) is 0 Å². The smallest absolute Gasteiger partial charge is 0.0478 e. The molecule has 0 amide bonds. The summed E-state index contributed by atoms with van der Waals surface area (Å²) >= 11 is 1.75. The lowest BCUT2D eigenvalue weighted by atomic mass is 10.2. The van der Waals surface area contributed by atoms with Crippen LogP contribution >= 0.6 is 11.3 Å². The van der Waals surface area contributed by atoms with Crippen LogP contribution in [0.25, 0.3) is 0 Å². The Morgan fingerprint density at radius 2 is 2.33 bits per heavy atom. The van der Waals surface area contributed by atoms with Gasteiger partial charge in [-0.05, 0) is 48.7 Å². The van der Waals surface area contributed by atoms with E-state index >= 15 is 0 Å². The van der Waals surface area contributed by atoms with E-state index in [1.165, 1.54) is 5.56 Å². The van der Waals surface area contributed by atoms with Crippen molar-refractivity contribution in [1.82, 2.24) is 5.32 Å². The topological polar surface area (TPSA) is 21.3 Å². The molecule has 0 spiro atoms. The Hall–Kier alpha value is -0.380. The summed E-state index contributed by atoms with van der Waals surface area (Å²) in [6.07, 6.45) is 2.20. The summed E-state index contributed by atoms with van der Waals surface area (Å²) in [7, 11) is 0. The molecule has 0 aromatic carbocycles. The first-order valence-electron chi connectivity index (χ1n) is 5.67. The molecular formula is C12H21NOS. The Bertz CT molecular complexity index is 236. The van der Waals surface area contributed by atoms with Crippen LogP contribution in [0.1, 0.15) is 38.3 Å². The summed E-state index contributed by atoms with van der Waals surface area (Å²) in [6.45, 7) is 7.13. The minimum absolute atomic E-state index is 0.461. The standard InChI is InChI=1S/C12H21NOS/c1-3-7-14-8-4-6-13-11(2)12-5-9-15-10-12/h5,9-11,13H,3-4,6-8H2,1-2H3. The van der Waals surface area contributed by atoms with Crippen molar-refractivity contribution in [3.05, 3.63) is 22.4 Å². The van der Waals surface area contributed by atoms with E-state index in [1.54, 1.807) is 11.3 Å². The van der Waals surface area contributed by atoms with Crippen molar-refractivity contribution in [2.45, 2.75) is 32.7 Å². The van der Waals surface area contributed by atoms with E-state index in [4.69, 9.17) is 4.74 Å². The minimum Gasteiger partial charge on any atom is -0.381 e. The molecule has 86 valence electrons. The predicted octanol–water partition coefficient (Wildman–Crippen LogP) is 3.22. The molecule has 1 atom stereocenters. The Morgan fingerprint density at radius 1 is 1.47 bits per heavy atom. The number of nitrogens with one attached hydrogen (secondary N) is 1. The summed E-state index contributed by atoms with van der Waals surface area (Å²) in [5.74, 6) is 0. The normalized spacial score (nSPS) is 12.9. The molecule has 0 bridgehead atoms. The summed E-state index contributed by atoms with van der Waals surface area (Å²) in [5, 5.41) is 7.81. The first kappa shape index (κ1) is 12.7. The van der Waals surface area contributed by atoms with Gasteiger partial charge in [-0.1, -0.05) is 6.92 Å². The van der Waals surface area contributed by atoms with E-state index in [2.05, 4.69) is 36.0 Å². The van der Waals surface area contributed by atoms with Crippen molar-refractivity contribution in [1.29, 1.82) is 0 Å². The number of rotatable bonds is 8. The zero-order valence-electron chi connectivity index (χ0n) is 9.66. The van der Waals surface area contributed by atoms with E-state index in [0.717, 1.165) is 32.6 Å². The lowest BCUT2D eigenvalue weighted by Gasteiger charge is -2.12. The van der Waals surface area contributed by atoms with Crippen molar-refractivity contribution < 1.29 is 4.74 Å². The van der Waals surface area contributed by atoms with E-state index in [-0.39, 0.29) is 0 Å². The summed E-state index contributed by atoms with van der Waals surface area (Å²) in [5.41, 5.74) is 1.38. The monoisotopic (exact) mass is 227 g/mol. The van der Waals surface area contributed by atoms with Crippen LogP contribution in [0.4, 0.5) is 0 Å². The van der Waals surface area contributed by atoms with Crippen LogP contribution in [0.3, 0.4) is 0 Å². The Morgan fingerprint density at radius 3 is 3.00 bits per heavy atom. The minimum atomic E-state index is 0.461. The van der Waals surface area contributed by atoms with Gasteiger partial charge in [-0.3, -0.25) is 0 Å². The van der Waals surface area contributed by atoms with Gasteiger partial charge in [0.2, 0.25) is 0 Å². The van der Waals surface area contributed by atoms with Gasteiger partial charge in [0.05, 0.1) is 0 Å². The van der Waals surface area contributed by atoms with Crippen LogP contribution in [0.5, 0.6) is 0 Å². The maximum absolute atomic E-state index is 5.42. The molecule has 1 unspecified atom stereocenters. The van der Waals surface area contributed by atoms with Crippen molar-refractivity contribution in [2.24, 2.45) is 0 Å². The highest BCUT2D eigenvalue weighted by molar-refractivity contribution is 7.07. The Balaban J connectivity index is 2.00. The SMILES string of the molecule is CCCOCCCNC(C)c1ccsc1. The molecule has 1 N–H and O–H groups in total. The zero-order valence-corrected chi connectivity index (χ0v) is 10.5. The van der Waals surface area contributed by atoms with Gasteiger partial charge < -0.3 is 10.1 Å². The van der Waals surface area contributed by atoms with Gasteiger partial charge in [0.1, 0.15) is 0 Å². The molecule has 0 fully saturated rings. The highest BCUT2D eigenvalue weighted by Gasteiger charge is 2.03. The molecule has 0 saturated carbocycles. The van der Waals surface area contributed by atoms with E-state index < -0.39 is 0 Å². The maximum atomic E-state index is 5.42. The van der Waals surface area contributed by atoms with Gasteiger partial charge in [-0.25, -0.2) is 0 Å². The fraction of sp³-hybridized carbons (Fsp3) is 0.667. The van der Waals surface area contributed by atoms with E-state index in [9.17, 15) is 0 Å². The van der Waals surface area contributed by atoms with Crippen LogP contribution in [0.2, 0.25) is 0 Å². The molecule has 0 radical (unpaired) electrons. The lowest BCUT2D eigenvalue weighted by molar-refractivity contribution is 0.132. The second kappa shape index (κ2) is 7.85. The molecule has 1 heterocycles. The third kappa shape index (κ3) is 5.30. The molecule has 2 nitrogen and oxygen atoms in total. The number of hydrogen-bond acceptors (Lipinski definition) is 3. The molecule has 1 aromatic rings. The highest BCUT2D eigenvalue weighted by Crippen LogP contribution is 2.15. The zero-order chi connectivity index (χ0) is 10.9. The molecule has 3 heteroatoms. The largest absolute Gasteiger partial charge is 0.381 e. The fourth-order valence-electron chi connectivity index (χ4n) is 1.38. The van der Waals surface area contributed by atoms with Crippen LogP contribution in [-0.2, 0) is 4.74 Å². The molecule has 1 aromatic heterocycles. The van der Waals surface area contributed by atoms with Gasteiger partial charge in [0, 0.05) is 19.3 Å². The van der Waals surface area contributed by atoms with Crippen molar-refractivity contribution >= 4 is 11.3 Å². The highest BCUT2D eigenvalue weighted by atomic mass is 32.1. The average Bonchev–Trinajstić information content (AvgIpc) is 2.76. The van der Waals surface area contributed by atoms with Gasteiger partial charge in [-0.15, -0.1) is 0 Å².